The van der Waals surface area contributed by atoms with Crippen LogP contribution in [0.2, 0.25) is 0 Å². The summed E-state index contributed by atoms with van der Waals surface area (Å²) in [6.07, 6.45) is 1.07. The van der Waals surface area contributed by atoms with E-state index < -0.39 is 0 Å². The number of rotatable bonds is 4. The fourth-order valence-corrected chi connectivity index (χ4v) is 4.39. The lowest BCUT2D eigenvalue weighted by atomic mass is 10.2. The highest BCUT2D eigenvalue weighted by Gasteiger charge is 2.19. The van der Waals surface area contributed by atoms with Gasteiger partial charge in [-0.3, -0.25) is 0 Å². The molecular weight excluding hydrogens is 551 g/mol. The summed E-state index contributed by atoms with van der Waals surface area (Å²) < 4.78 is 2.02. The first-order chi connectivity index (χ1) is 5.50. The van der Waals surface area contributed by atoms with Crippen LogP contribution in [0.4, 0.5) is 0 Å². The Kier molecular flexibility index (Phi) is 9.57. The smallest absolute Gasteiger partial charge is 0.0717 e. The molecule has 2 unspecified atom stereocenters. The molecule has 6 heteroatoms. The van der Waals surface area contributed by atoms with E-state index in [0.29, 0.717) is 4.83 Å². The summed E-state index contributed by atoms with van der Waals surface area (Å²) in [4.78, 5) is 0.695. The summed E-state index contributed by atoms with van der Waals surface area (Å²) in [6, 6.07) is 0. The highest BCUT2D eigenvalue weighted by atomic mass is 79.9. The second kappa shape index (κ2) is 7.85. The van der Waals surface area contributed by atoms with Crippen molar-refractivity contribution in [1.29, 1.82) is 0 Å². The van der Waals surface area contributed by atoms with E-state index in [2.05, 4.69) is 95.6 Å². The van der Waals surface area contributed by atoms with Crippen LogP contribution in [0, 0.1) is 0 Å². The maximum absolute atomic E-state index is 3.59. The van der Waals surface area contributed by atoms with Crippen LogP contribution in [0.25, 0.3) is 0 Å². The number of hydrogen-bond donors (Lipinski definition) is 0. The SMILES string of the molecule is BrCCC(Br)C(Br)C(Br)=C(Br)Br. The van der Waals surface area contributed by atoms with Crippen LogP contribution >= 0.6 is 95.6 Å². The lowest BCUT2D eigenvalue weighted by molar-refractivity contribution is 0.881. The Morgan fingerprint density at radius 1 is 1.08 bits per heavy atom. The molecule has 12 heavy (non-hydrogen) atoms. The summed E-state index contributed by atoms with van der Waals surface area (Å²) in [7, 11) is 0. The quantitative estimate of drug-likeness (QED) is 0.392. The normalized spacial score (nSPS) is 15.5. The van der Waals surface area contributed by atoms with Gasteiger partial charge in [-0.1, -0.05) is 63.7 Å². The maximum atomic E-state index is 3.59. The van der Waals surface area contributed by atoms with Crippen molar-refractivity contribution in [3.63, 3.8) is 0 Å². The van der Waals surface area contributed by atoms with E-state index in [0.717, 1.165) is 19.6 Å². The summed E-state index contributed by atoms with van der Waals surface area (Å²) >= 11 is 20.7. The predicted molar refractivity (Wildman–Crippen MR) is 77.6 cm³/mol. The van der Waals surface area contributed by atoms with Gasteiger partial charge in [-0.25, -0.2) is 0 Å². The highest BCUT2D eigenvalue weighted by Crippen LogP contribution is 2.35. The third-order valence-electron chi connectivity index (χ3n) is 1.13. The third kappa shape index (κ3) is 5.49. The minimum absolute atomic E-state index is 0.281. The molecule has 0 bridgehead atoms. The monoisotopic (exact) mass is 552 g/mol. The van der Waals surface area contributed by atoms with Crippen LogP contribution < -0.4 is 0 Å². The summed E-state index contributed by atoms with van der Waals surface area (Å²) in [5, 5.41) is 0.991. The van der Waals surface area contributed by atoms with Crippen LogP contribution in [-0.4, -0.2) is 15.0 Å². The van der Waals surface area contributed by atoms with Gasteiger partial charge in [-0.2, -0.15) is 0 Å². The van der Waals surface area contributed by atoms with Crippen molar-refractivity contribution >= 4 is 95.6 Å². The Balaban J connectivity index is 4.19. The zero-order valence-corrected chi connectivity index (χ0v) is 15.4. The van der Waals surface area contributed by atoms with Crippen LogP contribution in [0.1, 0.15) is 6.42 Å². The Bertz CT molecular complexity index is 161. The first kappa shape index (κ1) is 14.6. The lowest BCUT2D eigenvalue weighted by Crippen LogP contribution is -2.14. The van der Waals surface area contributed by atoms with E-state index in [4.69, 9.17) is 0 Å². The van der Waals surface area contributed by atoms with Gasteiger partial charge in [0.2, 0.25) is 0 Å². The van der Waals surface area contributed by atoms with E-state index in [1.165, 1.54) is 0 Å². The molecule has 0 saturated heterocycles. The molecule has 0 aromatic rings. The average molecular weight is 558 g/mol. The molecule has 0 aliphatic carbocycles. The van der Waals surface area contributed by atoms with E-state index in [1.807, 2.05) is 0 Å². The van der Waals surface area contributed by atoms with Crippen molar-refractivity contribution in [2.24, 2.45) is 0 Å². The van der Waals surface area contributed by atoms with E-state index in [9.17, 15) is 0 Å². The molecule has 72 valence electrons. The molecule has 0 saturated carbocycles. The molecule has 0 rings (SSSR count). The van der Waals surface area contributed by atoms with E-state index in [1.54, 1.807) is 0 Å². The molecule has 0 aromatic heterocycles. The second-order valence-corrected chi connectivity index (χ2v) is 8.46. The van der Waals surface area contributed by atoms with E-state index >= 15 is 0 Å². The van der Waals surface area contributed by atoms with Gasteiger partial charge in [0.05, 0.1) is 8.22 Å². The molecule has 2 atom stereocenters. The van der Waals surface area contributed by atoms with Gasteiger partial charge in [0.15, 0.2) is 0 Å². The number of alkyl halides is 3. The number of halogens is 6. The van der Waals surface area contributed by atoms with Crippen LogP contribution in [0.15, 0.2) is 7.87 Å². The van der Waals surface area contributed by atoms with Crippen LogP contribution in [0.3, 0.4) is 0 Å². The predicted octanol–water partition coefficient (Wildman–Crippen LogP) is 5.65. The molecule has 0 fully saturated rings. The van der Waals surface area contributed by atoms with Crippen LogP contribution in [-0.2, 0) is 0 Å². The first-order valence-electron chi connectivity index (χ1n) is 3.05. The minimum atomic E-state index is 0.281. The van der Waals surface area contributed by atoms with Crippen LogP contribution in [0.5, 0.6) is 0 Å². The lowest BCUT2D eigenvalue weighted by Gasteiger charge is -2.15. The molecule has 0 N–H and O–H groups in total. The minimum Gasteiger partial charge on any atom is -0.0928 e. The van der Waals surface area contributed by atoms with Gasteiger partial charge in [-0.05, 0) is 38.3 Å². The Hall–Kier alpha value is 2.62. The average Bonchev–Trinajstić information content (AvgIpc) is 2.02. The summed E-state index contributed by atoms with van der Waals surface area (Å²) in [6.45, 7) is 0. The van der Waals surface area contributed by atoms with E-state index in [-0.39, 0.29) is 4.83 Å². The molecule has 0 heterocycles. The molecule has 0 amide bonds. The molecule has 0 radical (unpaired) electrons. The van der Waals surface area contributed by atoms with Crippen molar-refractivity contribution < 1.29 is 0 Å². The largest absolute Gasteiger partial charge is 0.0928 e. The molecular formula is C6H6Br6. The molecule has 0 spiro atoms. The first-order valence-corrected chi connectivity index (χ1v) is 8.38. The third-order valence-corrected chi connectivity index (χ3v) is 7.80. The topological polar surface area (TPSA) is 0 Å². The van der Waals surface area contributed by atoms with Crippen molar-refractivity contribution in [2.45, 2.75) is 16.1 Å². The van der Waals surface area contributed by atoms with Gasteiger partial charge in [0.1, 0.15) is 0 Å². The molecule has 0 aromatic carbocycles. The Labute approximate surface area is 123 Å². The summed E-state index contributed by atoms with van der Waals surface area (Å²) in [5.74, 6) is 0. The van der Waals surface area contributed by atoms with Gasteiger partial charge in [-0.15, -0.1) is 0 Å². The standard InChI is InChI=1S/C6H6Br6/c7-2-1-3(8)4(9)5(10)6(11)12/h3-4H,1-2H2. The van der Waals surface area contributed by atoms with Gasteiger partial charge < -0.3 is 0 Å². The Morgan fingerprint density at radius 2 is 1.58 bits per heavy atom. The Morgan fingerprint density at radius 3 is 1.92 bits per heavy atom. The van der Waals surface area contributed by atoms with Gasteiger partial charge in [0, 0.05) is 14.6 Å². The maximum Gasteiger partial charge on any atom is 0.0717 e. The number of hydrogen-bond acceptors (Lipinski definition) is 0. The zero-order chi connectivity index (χ0) is 9.72. The van der Waals surface area contributed by atoms with Crippen molar-refractivity contribution in [3.8, 4) is 0 Å². The zero-order valence-electron chi connectivity index (χ0n) is 5.84. The molecule has 0 aliphatic rings. The van der Waals surface area contributed by atoms with Crippen molar-refractivity contribution in [2.75, 3.05) is 5.33 Å². The van der Waals surface area contributed by atoms with Gasteiger partial charge in [0.25, 0.3) is 0 Å². The molecule has 0 aliphatic heterocycles. The summed E-state index contributed by atoms with van der Waals surface area (Å²) in [5.41, 5.74) is 0. The van der Waals surface area contributed by atoms with Crippen molar-refractivity contribution in [1.82, 2.24) is 0 Å². The number of allylic oxidation sites excluding steroid dienone is 1. The second-order valence-electron chi connectivity index (χ2n) is 2.00. The highest BCUT2D eigenvalue weighted by molar-refractivity contribution is 9.29. The fourth-order valence-electron chi connectivity index (χ4n) is 0.514. The fraction of sp³-hybridized carbons (Fsp3) is 0.667. The van der Waals surface area contributed by atoms with Crippen molar-refractivity contribution in [3.05, 3.63) is 7.87 Å². The van der Waals surface area contributed by atoms with Gasteiger partial charge >= 0.3 is 0 Å². The molecule has 0 nitrogen and oxygen atoms in total.